The second-order valence-corrected chi connectivity index (χ2v) is 6.21. The van der Waals surface area contributed by atoms with Crippen molar-refractivity contribution >= 4 is 23.6 Å². The first-order valence-electron chi connectivity index (χ1n) is 6.65. The fraction of sp³-hybridized carbons (Fsp3) is 0.846. The molecule has 0 bridgehead atoms. The molecule has 0 aromatic carbocycles. The van der Waals surface area contributed by atoms with Crippen LogP contribution in [0.4, 0.5) is 0 Å². The van der Waals surface area contributed by atoms with Crippen molar-refractivity contribution < 1.29 is 19.4 Å². The van der Waals surface area contributed by atoms with Crippen molar-refractivity contribution in [2.75, 3.05) is 19.5 Å². The average molecular weight is 289 g/mol. The van der Waals surface area contributed by atoms with Crippen LogP contribution < -0.4 is 0 Å². The summed E-state index contributed by atoms with van der Waals surface area (Å²) >= 11 is 1.57. The molecular weight excluding hydrogens is 266 g/mol. The Kier molecular flexibility index (Phi) is 6.65. The van der Waals surface area contributed by atoms with Crippen LogP contribution in [0.2, 0.25) is 0 Å². The van der Waals surface area contributed by atoms with Crippen LogP contribution in [0.3, 0.4) is 0 Å². The highest BCUT2D eigenvalue weighted by Crippen LogP contribution is 2.33. The van der Waals surface area contributed by atoms with Gasteiger partial charge in [0, 0.05) is 25.9 Å². The number of aliphatic carboxylic acids is 1. The third kappa shape index (κ3) is 4.38. The molecule has 19 heavy (non-hydrogen) atoms. The highest BCUT2D eigenvalue weighted by atomic mass is 32.2. The summed E-state index contributed by atoms with van der Waals surface area (Å²) in [7, 11) is 1.60. The monoisotopic (exact) mass is 289 g/mol. The molecule has 1 aliphatic rings. The van der Waals surface area contributed by atoms with Gasteiger partial charge in [0.2, 0.25) is 5.91 Å². The van der Waals surface area contributed by atoms with Gasteiger partial charge in [-0.3, -0.25) is 4.79 Å². The molecular formula is C13H23NO4S. The van der Waals surface area contributed by atoms with Gasteiger partial charge in [0.1, 0.15) is 6.04 Å². The fourth-order valence-electron chi connectivity index (χ4n) is 2.30. The van der Waals surface area contributed by atoms with E-state index in [0.29, 0.717) is 18.8 Å². The molecule has 1 rings (SSSR count). The number of nitrogens with zero attached hydrogens (tertiary/aromatic N) is 1. The minimum Gasteiger partial charge on any atom is -0.480 e. The van der Waals surface area contributed by atoms with Crippen molar-refractivity contribution in [1.82, 2.24) is 4.90 Å². The van der Waals surface area contributed by atoms with Crippen molar-refractivity contribution in [3.63, 3.8) is 0 Å². The van der Waals surface area contributed by atoms with Crippen LogP contribution in [0.1, 0.15) is 33.1 Å². The molecule has 0 aromatic rings. The van der Waals surface area contributed by atoms with E-state index in [1.807, 2.05) is 13.8 Å². The van der Waals surface area contributed by atoms with Gasteiger partial charge in [-0.25, -0.2) is 4.79 Å². The number of rotatable bonds is 7. The van der Waals surface area contributed by atoms with Gasteiger partial charge < -0.3 is 14.7 Å². The van der Waals surface area contributed by atoms with Crippen LogP contribution >= 0.6 is 11.8 Å². The first-order valence-corrected chi connectivity index (χ1v) is 7.70. The van der Waals surface area contributed by atoms with Gasteiger partial charge in [0.25, 0.3) is 0 Å². The quantitative estimate of drug-likeness (QED) is 0.774. The number of carboxylic acids is 1. The molecule has 1 aliphatic heterocycles. The second-order valence-electron chi connectivity index (χ2n) is 5.00. The van der Waals surface area contributed by atoms with E-state index in [-0.39, 0.29) is 17.2 Å². The number of carbonyl (C=O) groups is 2. The third-order valence-electron chi connectivity index (χ3n) is 3.18. The van der Waals surface area contributed by atoms with Crippen molar-refractivity contribution in [1.29, 1.82) is 0 Å². The number of hydrogen-bond acceptors (Lipinski definition) is 4. The molecule has 1 N–H and O–H groups in total. The Labute approximate surface area is 118 Å². The Morgan fingerprint density at radius 3 is 2.74 bits per heavy atom. The average Bonchev–Trinajstić information content (AvgIpc) is 2.73. The number of ether oxygens (including phenoxy) is 1. The van der Waals surface area contributed by atoms with Crippen molar-refractivity contribution in [3.8, 4) is 0 Å². The number of thioether (sulfide) groups is 1. The molecule has 1 fully saturated rings. The maximum Gasteiger partial charge on any atom is 0.327 e. The largest absolute Gasteiger partial charge is 0.480 e. The Balaban J connectivity index is 2.71. The Bertz CT molecular complexity index is 324. The van der Waals surface area contributed by atoms with Crippen LogP contribution in [0.5, 0.6) is 0 Å². The highest BCUT2D eigenvalue weighted by molar-refractivity contribution is 8.00. The third-order valence-corrected chi connectivity index (χ3v) is 4.53. The fourth-order valence-corrected chi connectivity index (χ4v) is 3.84. The molecule has 3 atom stereocenters. The molecule has 0 spiro atoms. The topological polar surface area (TPSA) is 66.8 Å². The minimum atomic E-state index is -0.904. The van der Waals surface area contributed by atoms with E-state index in [1.54, 1.807) is 23.8 Å². The predicted octanol–water partition coefficient (Wildman–Crippen LogP) is 1.81. The summed E-state index contributed by atoms with van der Waals surface area (Å²) in [5.41, 5.74) is 0. The zero-order valence-corrected chi connectivity index (χ0v) is 12.6. The molecule has 1 amide bonds. The Morgan fingerprint density at radius 2 is 2.21 bits per heavy atom. The van der Waals surface area contributed by atoms with Crippen molar-refractivity contribution in [2.45, 2.75) is 44.5 Å². The molecule has 0 saturated carbocycles. The summed E-state index contributed by atoms with van der Waals surface area (Å²) in [6.45, 7) is 4.50. The van der Waals surface area contributed by atoms with Gasteiger partial charge in [-0.05, 0) is 12.3 Å². The van der Waals surface area contributed by atoms with Gasteiger partial charge >= 0.3 is 5.97 Å². The molecule has 0 aromatic heterocycles. The summed E-state index contributed by atoms with van der Waals surface area (Å²) < 4.78 is 5.02. The molecule has 3 unspecified atom stereocenters. The number of amides is 1. The Hall–Kier alpha value is -0.750. The SMILES string of the molecule is CCCC1SCC(C(=O)O)N1C(=O)CC(C)COC. The molecule has 1 saturated heterocycles. The van der Waals surface area contributed by atoms with E-state index in [4.69, 9.17) is 4.74 Å². The van der Waals surface area contributed by atoms with Crippen molar-refractivity contribution in [3.05, 3.63) is 0 Å². The number of methoxy groups -OCH3 is 1. The van der Waals surface area contributed by atoms with Crippen LogP contribution in [-0.2, 0) is 14.3 Å². The maximum absolute atomic E-state index is 12.3. The van der Waals surface area contributed by atoms with Crippen LogP contribution in [0, 0.1) is 5.92 Å². The van der Waals surface area contributed by atoms with E-state index in [9.17, 15) is 14.7 Å². The number of carbonyl (C=O) groups excluding carboxylic acids is 1. The van der Waals surface area contributed by atoms with Crippen molar-refractivity contribution in [2.24, 2.45) is 5.92 Å². The summed E-state index contributed by atoms with van der Waals surface area (Å²) in [5, 5.41) is 9.23. The smallest absolute Gasteiger partial charge is 0.327 e. The van der Waals surface area contributed by atoms with E-state index in [0.717, 1.165) is 12.8 Å². The first kappa shape index (κ1) is 16.3. The molecule has 110 valence electrons. The van der Waals surface area contributed by atoms with Gasteiger partial charge in [-0.1, -0.05) is 20.3 Å². The summed E-state index contributed by atoms with van der Waals surface area (Å²) in [5.74, 6) is -0.371. The number of carboxylic acid groups (broad SMARTS) is 1. The predicted molar refractivity (Wildman–Crippen MR) is 75.1 cm³/mol. The second kappa shape index (κ2) is 7.75. The van der Waals surface area contributed by atoms with Crippen LogP contribution in [-0.4, -0.2) is 52.8 Å². The summed E-state index contributed by atoms with van der Waals surface area (Å²) in [6, 6.07) is -0.677. The van der Waals surface area contributed by atoms with Gasteiger partial charge in [-0.15, -0.1) is 11.8 Å². The first-order chi connectivity index (χ1) is 9.01. The van der Waals surface area contributed by atoms with Gasteiger partial charge in [0.05, 0.1) is 5.37 Å². The van der Waals surface area contributed by atoms with Crippen LogP contribution in [0.25, 0.3) is 0 Å². The minimum absolute atomic E-state index is 0.00773. The van der Waals surface area contributed by atoms with Gasteiger partial charge in [-0.2, -0.15) is 0 Å². The van der Waals surface area contributed by atoms with E-state index in [1.165, 1.54) is 0 Å². The van der Waals surface area contributed by atoms with Gasteiger partial charge in [0.15, 0.2) is 0 Å². The molecule has 6 heteroatoms. The molecule has 1 heterocycles. The lowest BCUT2D eigenvalue weighted by atomic mass is 10.1. The standard InChI is InChI=1S/C13H23NO4S/c1-4-5-12-14(10(8-19-12)13(16)17)11(15)6-9(2)7-18-3/h9-10,12H,4-8H2,1-3H3,(H,16,17). The Morgan fingerprint density at radius 1 is 1.53 bits per heavy atom. The molecule has 0 aliphatic carbocycles. The zero-order valence-electron chi connectivity index (χ0n) is 11.8. The molecule has 0 radical (unpaired) electrons. The number of hydrogen-bond donors (Lipinski definition) is 1. The van der Waals surface area contributed by atoms with E-state index < -0.39 is 12.0 Å². The maximum atomic E-state index is 12.3. The summed E-state index contributed by atoms with van der Waals surface area (Å²) in [6.07, 6.45) is 2.14. The molecule has 5 nitrogen and oxygen atoms in total. The normalized spacial score (nSPS) is 24.5. The van der Waals surface area contributed by atoms with E-state index in [2.05, 4.69) is 0 Å². The van der Waals surface area contributed by atoms with Crippen LogP contribution in [0.15, 0.2) is 0 Å². The lowest BCUT2D eigenvalue weighted by molar-refractivity contribution is -0.149. The zero-order chi connectivity index (χ0) is 14.4. The summed E-state index contributed by atoms with van der Waals surface area (Å²) in [4.78, 5) is 25.1. The lowest BCUT2D eigenvalue weighted by Gasteiger charge is -2.28. The highest BCUT2D eigenvalue weighted by Gasteiger charge is 2.41. The van der Waals surface area contributed by atoms with E-state index >= 15 is 0 Å². The lowest BCUT2D eigenvalue weighted by Crippen LogP contribution is -2.46.